The van der Waals surface area contributed by atoms with Crippen LogP contribution in [0.3, 0.4) is 0 Å². The van der Waals surface area contributed by atoms with Crippen LogP contribution in [0.1, 0.15) is 33.6 Å². The van der Waals surface area contributed by atoms with E-state index in [1.807, 2.05) is 13.8 Å². The van der Waals surface area contributed by atoms with Gasteiger partial charge in [-0.25, -0.2) is 0 Å². The Morgan fingerprint density at radius 2 is 2.07 bits per heavy atom. The van der Waals surface area contributed by atoms with Crippen LogP contribution in [0, 0.1) is 5.92 Å². The van der Waals surface area contributed by atoms with Gasteiger partial charge in [0.05, 0.1) is 6.04 Å². The highest BCUT2D eigenvalue weighted by atomic mass is 16.3. The first-order valence-electron chi connectivity index (χ1n) is 5.73. The molecule has 0 bridgehead atoms. The van der Waals surface area contributed by atoms with Gasteiger partial charge in [-0.2, -0.15) is 0 Å². The van der Waals surface area contributed by atoms with Gasteiger partial charge in [0, 0.05) is 19.7 Å². The molecule has 0 aromatic rings. The van der Waals surface area contributed by atoms with Crippen LogP contribution in [0.25, 0.3) is 0 Å². The van der Waals surface area contributed by atoms with E-state index in [1.54, 1.807) is 0 Å². The van der Waals surface area contributed by atoms with E-state index in [0.717, 1.165) is 19.4 Å². The fourth-order valence-corrected chi connectivity index (χ4v) is 1.08. The number of unbranched alkanes of at least 4 members (excludes halogenated alkanes) is 1. The molecule has 4 nitrogen and oxygen atoms in total. The number of rotatable bonds is 8. The van der Waals surface area contributed by atoms with E-state index < -0.39 is 0 Å². The molecule has 4 heteroatoms. The normalized spacial score (nSPS) is 14.7. The third-order valence-corrected chi connectivity index (χ3v) is 2.31. The lowest BCUT2D eigenvalue weighted by atomic mass is 10.2. The maximum Gasteiger partial charge on any atom is 0.236 e. The topological polar surface area (TPSA) is 61.4 Å². The maximum absolute atomic E-state index is 11.5. The number of carbonyl (C=O) groups is 1. The molecule has 0 rings (SSSR count). The van der Waals surface area contributed by atoms with E-state index in [2.05, 4.69) is 17.6 Å². The van der Waals surface area contributed by atoms with Gasteiger partial charge in [0.1, 0.15) is 0 Å². The average Bonchev–Trinajstić information content (AvgIpc) is 2.25. The van der Waals surface area contributed by atoms with Crippen molar-refractivity contribution in [3.8, 4) is 0 Å². The van der Waals surface area contributed by atoms with Crippen LogP contribution in [0.5, 0.6) is 0 Å². The number of amides is 1. The fraction of sp³-hybridized carbons (Fsp3) is 0.909. The molecule has 0 saturated heterocycles. The summed E-state index contributed by atoms with van der Waals surface area (Å²) in [6.45, 7) is 7.43. The lowest BCUT2D eigenvalue weighted by molar-refractivity contribution is -0.122. The van der Waals surface area contributed by atoms with E-state index >= 15 is 0 Å². The zero-order chi connectivity index (χ0) is 11.7. The Kier molecular flexibility index (Phi) is 8.33. The second kappa shape index (κ2) is 8.68. The van der Waals surface area contributed by atoms with Crippen LogP contribution in [0.15, 0.2) is 0 Å². The number of aliphatic hydroxyl groups is 1. The average molecular weight is 216 g/mol. The summed E-state index contributed by atoms with van der Waals surface area (Å²) in [6, 6.07) is -0.184. The third kappa shape index (κ3) is 7.33. The second-order valence-electron chi connectivity index (χ2n) is 4.06. The van der Waals surface area contributed by atoms with Gasteiger partial charge >= 0.3 is 0 Å². The summed E-state index contributed by atoms with van der Waals surface area (Å²) >= 11 is 0. The van der Waals surface area contributed by atoms with Crippen LogP contribution in [0.2, 0.25) is 0 Å². The summed E-state index contributed by atoms with van der Waals surface area (Å²) in [5, 5.41) is 14.8. The minimum Gasteiger partial charge on any atom is -0.396 e. The molecule has 90 valence electrons. The predicted octanol–water partition coefficient (Wildman–Crippen LogP) is 0.509. The van der Waals surface area contributed by atoms with Crippen molar-refractivity contribution in [2.75, 3.05) is 19.7 Å². The maximum atomic E-state index is 11.5. The molecule has 2 atom stereocenters. The van der Waals surface area contributed by atoms with Gasteiger partial charge < -0.3 is 15.7 Å². The number of nitrogens with one attached hydrogen (secondary N) is 2. The number of hydrogen-bond acceptors (Lipinski definition) is 3. The van der Waals surface area contributed by atoms with Crippen molar-refractivity contribution in [2.24, 2.45) is 5.92 Å². The SMILES string of the molecule is CCCCNC(=O)C(C)NCC(C)CO. The van der Waals surface area contributed by atoms with Crippen LogP contribution in [-0.4, -0.2) is 36.8 Å². The van der Waals surface area contributed by atoms with Crippen molar-refractivity contribution >= 4 is 5.91 Å². The van der Waals surface area contributed by atoms with Gasteiger partial charge in [-0.1, -0.05) is 20.3 Å². The largest absolute Gasteiger partial charge is 0.396 e. The summed E-state index contributed by atoms with van der Waals surface area (Å²) in [6.07, 6.45) is 2.11. The van der Waals surface area contributed by atoms with Crippen molar-refractivity contribution in [3.05, 3.63) is 0 Å². The Labute approximate surface area is 92.4 Å². The smallest absolute Gasteiger partial charge is 0.236 e. The van der Waals surface area contributed by atoms with Crippen molar-refractivity contribution in [3.63, 3.8) is 0 Å². The van der Waals surface area contributed by atoms with E-state index in [1.165, 1.54) is 0 Å². The molecule has 0 aliphatic rings. The first kappa shape index (κ1) is 14.4. The molecule has 0 spiro atoms. The number of hydrogen-bond donors (Lipinski definition) is 3. The van der Waals surface area contributed by atoms with Crippen molar-refractivity contribution in [2.45, 2.75) is 39.7 Å². The Hall–Kier alpha value is -0.610. The molecular weight excluding hydrogens is 192 g/mol. The molecule has 0 aliphatic heterocycles. The van der Waals surface area contributed by atoms with E-state index in [9.17, 15) is 4.79 Å². The van der Waals surface area contributed by atoms with Crippen LogP contribution in [0.4, 0.5) is 0 Å². The van der Waals surface area contributed by atoms with Crippen LogP contribution >= 0.6 is 0 Å². The molecule has 0 aromatic heterocycles. The molecule has 15 heavy (non-hydrogen) atoms. The summed E-state index contributed by atoms with van der Waals surface area (Å²) in [5.41, 5.74) is 0. The van der Waals surface area contributed by atoms with E-state index in [0.29, 0.717) is 6.54 Å². The first-order chi connectivity index (χ1) is 7.11. The summed E-state index contributed by atoms with van der Waals surface area (Å²) in [5.74, 6) is 0.226. The molecule has 0 saturated carbocycles. The highest BCUT2D eigenvalue weighted by Crippen LogP contribution is 1.91. The summed E-state index contributed by atoms with van der Waals surface area (Å²) in [7, 11) is 0. The van der Waals surface area contributed by atoms with Gasteiger partial charge in [0.2, 0.25) is 5.91 Å². The van der Waals surface area contributed by atoms with Gasteiger partial charge in [-0.05, 0) is 19.3 Å². The van der Waals surface area contributed by atoms with Gasteiger partial charge in [-0.15, -0.1) is 0 Å². The molecule has 0 aromatic carbocycles. The highest BCUT2D eigenvalue weighted by molar-refractivity contribution is 5.81. The molecule has 0 aliphatic carbocycles. The number of carbonyl (C=O) groups excluding carboxylic acids is 1. The quantitative estimate of drug-likeness (QED) is 0.518. The molecular formula is C11H24N2O2. The third-order valence-electron chi connectivity index (χ3n) is 2.31. The lowest BCUT2D eigenvalue weighted by Crippen LogP contribution is -2.44. The molecule has 3 N–H and O–H groups in total. The first-order valence-corrected chi connectivity index (χ1v) is 5.73. The zero-order valence-electron chi connectivity index (χ0n) is 10.0. The molecule has 0 heterocycles. The monoisotopic (exact) mass is 216 g/mol. The van der Waals surface area contributed by atoms with Crippen molar-refractivity contribution in [1.82, 2.24) is 10.6 Å². The minimum absolute atomic E-state index is 0.0357. The van der Waals surface area contributed by atoms with Crippen molar-refractivity contribution in [1.29, 1.82) is 0 Å². The Bertz CT molecular complexity index is 174. The highest BCUT2D eigenvalue weighted by Gasteiger charge is 2.12. The fourth-order valence-electron chi connectivity index (χ4n) is 1.08. The molecule has 2 unspecified atom stereocenters. The Morgan fingerprint density at radius 3 is 2.60 bits per heavy atom. The number of aliphatic hydroxyl groups excluding tert-OH is 1. The van der Waals surface area contributed by atoms with Gasteiger partial charge in [0.15, 0.2) is 0 Å². The van der Waals surface area contributed by atoms with Crippen molar-refractivity contribution < 1.29 is 9.90 Å². The predicted molar refractivity (Wildman–Crippen MR) is 61.6 cm³/mol. The molecule has 1 amide bonds. The van der Waals surface area contributed by atoms with E-state index in [4.69, 9.17) is 5.11 Å². The van der Waals surface area contributed by atoms with E-state index in [-0.39, 0.29) is 24.5 Å². The van der Waals surface area contributed by atoms with Crippen LogP contribution < -0.4 is 10.6 Å². The standard InChI is InChI=1S/C11H24N2O2/c1-4-5-6-12-11(15)10(3)13-7-9(2)8-14/h9-10,13-14H,4-8H2,1-3H3,(H,12,15). The zero-order valence-corrected chi connectivity index (χ0v) is 10.0. The minimum atomic E-state index is -0.184. The summed E-state index contributed by atoms with van der Waals surface area (Å²) < 4.78 is 0. The Balaban J connectivity index is 3.60. The molecule has 0 radical (unpaired) electrons. The summed E-state index contributed by atoms with van der Waals surface area (Å²) in [4.78, 5) is 11.5. The second-order valence-corrected chi connectivity index (χ2v) is 4.06. The molecule has 0 fully saturated rings. The van der Waals surface area contributed by atoms with Crippen LogP contribution in [-0.2, 0) is 4.79 Å². The van der Waals surface area contributed by atoms with Gasteiger partial charge in [-0.3, -0.25) is 4.79 Å². The lowest BCUT2D eigenvalue weighted by Gasteiger charge is -2.16. The Morgan fingerprint density at radius 1 is 1.40 bits per heavy atom. The van der Waals surface area contributed by atoms with Gasteiger partial charge in [0.25, 0.3) is 0 Å².